The third-order valence-corrected chi connectivity index (χ3v) is 3.09. The second-order valence-corrected chi connectivity index (χ2v) is 4.52. The SMILES string of the molecule is NC1CN(c2ccc([P+](=O)O)cc2)C1. The van der Waals surface area contributed by atoms with Crippen LogP contribution >= 0.6 is 8.03 Å². The van der Waals surface area contributed by atoms with E-state index in [1.165, 1.54) is 0 Å². The van der Waals surface area contributed by atoms with Crippen molar-refractivity contribution in [2.45, 2.75) is 6.04 Å². The molecule has 1 aromatic rings. The minimum Gasteiger partial charge on any atom is -0.368 e. The average molecular weight is 211 g/mol. The molecule has 1 heterocycles. The number of hydrogen-bond acceptors (Lipinski definition) is 3. The number of benzene rings is 1. The highest BCUT2D eigenvalue weighted by Gasteiger charge is 2.24. The predicted molar refractivity (Wildman–Crippen MR) is 56.1 cm³/mol. The van der Waals surface area contributed by atoms with Crippen LogP contribution < -0.4 is 15.9 Å². The average Bonchev–Trinajstić information content (AvgIpc) is 2.13. The van der Waals surface area contributed by atoms with Gasteiger partial charge in [0.25, 0.3) is 0 Å². The summed E-state index contributed by atoms with van der Waals surface area (Å²) in [6.45, 7) is 1.73. The van der Waals surface area contributed by atoms with Gasteiger partial charge in [0, 0.05) is 24.8 Å². The quantitative estimate of drug-likeness (QED) is 0.685. The van der Waals surface area contributed by atoms with Gasteiger partial charge in [0.1, 0.15) is 0 Å². The first-order valence-corrected chi connectivity index (χ1v) is 5.65. The maximum atomic E-state index is 10.7. The van der Waals surface area contributed by atoms with Crippen molar-refractivity contribution in [3.8, 4) is 0 Å². The molecule has 0 saturated carbocycles. The van der Waals surface area contributed by atoms with E-state index in [0.29, 0.717) is 5.30 Å². The molecule has 1 unspecified atom stereocenters. The van der Waals surface area contributed by atoms with E-state index < -0.39 is 8.03 Å². The molecule has 1 aliphatic heterocycles. The molecule has 1 aliphatic rings. The molecule has 0 radical (unpaired) electrons. The molecule has 1 aromatic carbocycles. The van der Waals surface area contributed by atoms with Crippen molar-refractivity contribution in [1.29, 1.82) is 0 Å². The van der Waals surface area contributed by atoms with E-state index in [4.69, 9.17) is 10.6 Å². The molecular weight excluding hydrogens is 199 g/mol. The van der Waals surface area contributed by atoms with Crippen LogP contribution in [-0.4, -0.2) is 24.0 Å². The lowest BCUT2D eigenvalue weighted by Gasteiger charge is -2.38. The lowest BCUT2D eigenvalue weighted by atomic mass is 10.1. The van der Waals surface area contributed by atoms with Crippen LogP contribution in [0.5, 0.6) is 0 Å². The van der Waals surface area contributed by atoms with Gasteiger partial charge in [-0.05, 0) is 28.8 Å². The molecule has 3 N–H and O–H groups in total. The Hall–Kier alpha value is -0.960. The van der Waals surface area contributed by atoms with E-state index in [1.54, 1.807) is 12.1 Å². The Morgan fingerprint density at radius 1 is 1.36 bits per heavy atom. The van der Waals surface area contributed by atoms with E-state index in [0.717, 1.165) is 18.8 Å². The zero-order valence-corrected chi connectivity index (χ0v) is 8.52. The molecule has 5 heteroatoms. The molecule has 4 nitrogen and oxygen atoms in total. The first-order chi connectivity index (χ1) is 6.66. The van der Waals surface area contributed by atoms with Gasteiger partial charge >= 0.3 is 8.03 Å². The normalized spacial score (nSPS) is 17.9. The molecule has 0 amide bonds. The van der Waals surface area contributed by atoms with E-state index >= 15 is 0 Å². The lowest BCUT2D eigenvalue weighted by molar-refractivity contribution is 0.513. The summed E-state index contributed by atoms with van der Waals surface area (Å²) in [5.41, 5.74) is 6.72. The number of rotatable bonds is 2. The zero-order valence-electron chi connectivity index (χ0n) is 7.63. The summed E-state index contributed by atoms with van der Waals surface area (Å²) in [6, 6.07) is 7.33. The molecule has 1 atom stereocenters. The minimum atomic E-state index is -2.22. The summed E-state index contributed by atoms with van der Waals surface area (Å²) in [4.78, 5) is 11.0. The van der Waals surface area contributed by atoms with Gasteiger partial charge in [-0.2, -0.15) is 4.89 Å². The Morgan fingerprint density at radius 2 is 1.93 bits per heavy atom. The van der Waals surface area contributed by atoms with Gasteiger partial charge in [-0.25, -0.2) is 0 Å². The van der Waals surface area contributed by atoms with Crippen LogP contribution in [0.15, 0.2) is 24.3 Å². The van der Waals surface area contributed by atoms with Crippen LogP contribution in [0.25, 0.3) is 0 Å². The molecule has 1 saturated heterocycles. The standard InChI is InChI=1S/C9H11N2O2P/c10-7-5-11(6-7)8-1-3-9(4-2-8)14(12)13/h1-4,7H,5-6,10H2/p+1. The Balaban J connectivity index is 2.10. The summed E-state index contributed by atoms with van der Waals surface area (Å²) in [5.74, 6) is 0. The van der Waals surface area contributed by atoms with Crippen LogP contribution in [-0.2, 0) is 4.57 Å². The predicted octanol–water partition coefficient (Wildman–Crippen LogP) is 0.194. The van der Waals surface area contributed by atoms with Crippen molar-refractivity contribution in [3.05, 3.63) is 24.3 Å². The van der Waals surface area contributed by atoms with Gasteiger partial charge in [-0.3, -0.25) is 0 Å². The maximum Gasteiger partial charge on any atom is 0.546 e. The third kappa shape index (κ3) is 1.77. The number of nitrogens with two attached hydrogens (primary N) is 1. The van der Waals surface area contributed by atoms with E-state index in [1.807, 2.05) is 12.1 Å². The molecule has 0 spiro atoms. The van der Waals surface area contributed by atoms with Crippen LogP contribution in [0, 0.1) is 0 Å². The highest BCUT2D eigenvalue weighted by atomic mass is 31.1. The summed E-state index contributed by atoms with van der Waals surface area (Å²) in [5, 5.41) is 0.466. The van der Waals surface area contributed by atoms with E-state index in [9.17, 15) is 4.57 Å². The third-order valence-electron chi connectivity index (χ3n) is 2.35. The van der Waals surface area contributed by atoms with Crippen LogP contribution in [0.1, 0.15) is 0 Å². The van der Waals surface area contributed by atoms with Gasteiger partial charge in [0.2, 0.25) is 5.30 Å². The van der Waals surface area contributed by atoms with Crippen molar-refractivity contribution in [2.75, 3.05) is 18.0 Å². The molecule has 14 heavy (non-hydrogen) atoms. The number of hydrogen-bond donors (Lipinski definition) is 2. The number of nitrogens with zero attached hydrogens (tertiary/aromatic N) is 1. The number of anilines is 1. The maximum absolute atomic E-state index is 10.7. The molecule has 1 fully saturated rings. The monoisotopic (exact) mass is 211 g/mol. The molecule has 0 bridgehead atoms. The summed E-state index contributed by atoms with van der Waals surface area (Å²) in [6.07, 6.45) is 0. The first kappa shape index (κ1) is 9.59. The summed E-state index contributed by atoms with van der Waals surface area (Å²) in [7, 11) is -2.22. The molecular formula is C9H12N2O2P+. The van der Waals surface area contributed by atoms with Crippen LogP contribution in [0.4, 0.5) is 5.69 Å². The molecule has 2 rings (SSSR count). The van der Waals surface area contributed by atoms with Crippen LogP contribution in [0.3, 0.4) is 0 Å². The van der Waals surface area contributed by atoms with Gasteiger partial charge in [0.05, 0.1) is 0 Å². The fourth-order valence-electron chi connectivity index (χ4n) is 1.51. The minimum absolute atomic E-state index is 0.268. The highest BCUT2D eigenvalue weighted by Crippen LogP contribution is 2.21. The topological polar surface area (TPSA) is 66.6 Å². The van der Waals surface area contributed by atoms with Crippen molar-refractivity contribution >= 4 is 19.0 Å². The zero-order chi connectivity index (χ0) is 10.1. The highest BCUT2D eigenvalue weighted by molar-refractivity contribution is 7.47. The molecule has 0 aliphatic carbocycles. The van der Waals surface area contributed by atoms with Crippen LogP contribution in [0.2, 0.25) is 0 Å². The lowest BCUT2D eigenvalue weighted by Crippen LogP contribution is -2.55. The Kier molecular flexibility index (Phi) is 2.50. The summed E-state index contributed by atoms with van der Waals surface area (Å²) >= 11 is 0. The van der Waals surface area contributed by atoms with E-state index in [-0.39, 0.29) is 6.04 Å². The van der Waals surface area contributed by atoms with Crippen molar-refractivity contribution in [2.24, 2.45) is 5.73 Å². The second-order valence-electron chi connectivity index (χ2n) is 3.45. The molecule has 0 aromatic heterocycles. The van der Waals surface area contributed by atoms with Crippen molar-refractivity contribution < 1.29 is 9.46 Å². The van der Waals surface area contributed by atoms with Crippen molar-refractivity contribution in [3.63, 3.8) is 0 Å². The Morgan fingerprint density at radius 3 is 2.36 bits per heavy atom. The fraction of sp³-hybridized carbons (Fsp3) is 0.333. The Labute approximate surface area is 83.2 Å². The first-order valence-electron chi connectivity index (χ1n) is 4.43. The van der Waals surface area contributed by atoms with Crippen molar-refractivity contribution in [1.82, 2.24) is 0 Å². The second kappa shape index (κ2) is 3.65. The van der Waals surface area contributed by atoms with Gasteiger partial charge in [0.15, 0.2) is 0 Å². The van der Waals surface area contributed by atoms with Gasteiger partial charge in [-0.15, -0.1) is 0 Å². The smallest absolute Gasteiger partial charge is 0.368 e. The summed E-state index contributed by atoms with van der Waals surface area (Å²) < 4.78 is 10.7. The van der Waals surface area contributed by atoms with Gasteiger partial charge < -0.3 is 10.6 Å². The fourth-order valence-corrected chi connectivity index (χ4v) is 1.92. The molecule has 74 valence electrons. The van der Waals surface area contributed by atoms with E-state index in [2.05, 4.69) is 4.90 Å². The largest absolute Gasteiger partial charge is 0.546 e. The Bertz CT molecular complexity index is 346. The van der Waals surface area contributed by atoms with Gasteiger partial charge in [-0.1, -0.05) is 0 Å².